The highest BCUT2D eigenvalue weighted by molar-refractivity contribution is 5.77. The summed E-state index contributed by atoms with van der Waals surface area (Å²) in [6.07, 6.45) is 2.77. The second-order valence-electron chi connectivity index (χ2n) is 8.43. The van der Waals surface area contributed by atoms with Crippen LogP contribution in [-0.4, -0.2) is 44.2 Å². The van der Waals surface area contributed by atoms with Gasteiger partial charge in [-0.2, -0.15) is 0 Å². The molecular weight excluding hydrogens is 314 g/mol. The zero-order valence-electron chi connectivity index (χ0n) is 16.3. The van der Waals surface area contributed by atoms with Gasteiger partial charge in [-0.1, -0.05) is 20.8 Å². The highest BCUT2D eigenvalue weighted by Gasteiger charge is 2.26. The van der Waals surface area contributed by atoms with Crippen molar-refractivity contribution in [1.82, 2.24) is 4.90 Å². The maximum absolute atomic E-state index is 12.9. The normalized spacial score (nSPS) is 17.6. The maximum atomic E-state index is 12.9. The van der Waals surface area contributed by atoms with Crippen LogP contribution in [-0.2, 0) is 16.1 Å². The molecule has 0 bridgehead atoms. The van der Waals surface area contributed by atoms with Gasteiger partial charge in [-0.3, -0.25) is 4.79 Å². The minimum absolute atomic E-state index is 0.0358. The average molecular weight is 348 g/mol. The van der Waals surface area contributed by atoms with Crippen LogP contribution >= 0.6 is 0 Å². The molecule has 1 fully saturated rings. The number of nitrogens with zero attached hydrogens (tertiary/aromatic N) is 2. The molecule has 5 nitrogen and oxygen atoms in total. The first-order valence-electron chi connectivity index (χ1n) is 9.11. The summed E-state index contributed by atoms with van der Waals surface area (Å²) in [5.74, 6) is 0.176. The Labute approximate surface area is 152 Å². The largest absolute Gasteiger partial charge is 0.399 e. The number of carbonyl (C=O) groups is 1. The van der Waals surface area contributed by atoms with Gasteiger partial charge < -0.3 is 20.3 Å². The second kappa shape index (κ2) is 8.09. The van der Waals surface area contributed by atoms with Crippen LogP contribution in [0.25, 0.3) is 0 Å². The van der Waals surface area contributed by atoms with E-state index in [2.05, 4.69) is 25.7 Å². The summed E-state index contributed by atoms with van der Waals surface area (Å²) in [5, 5.41) is 0. The standard InChI is InChI=1S/C20H33N3O2/c1-20(2,3)12-19(24)23(14-17-7-6-10-25-17)13-15-11-16(21)8-9-18(15)22(4)5/h8-9,11,17H,6-7,10,12-14,21H2,1-5H3/t17-/m0/s1. The van der Waals surface area contributed by atoms with Crippen molar-refractivity contribution in [1.29, 1.82) is 0 Å². The van der Waals surface area contributed by atoms with E-state index in [0.29, 0.717) is 19.5 Å². The molecule has 0 unspecified atom stereocenters. The predicted molar refractivity (Wildman–Crippen MR) is 104 cm³/mol. The van der Waals surface area contributed by atoms with Gasteiger partial charge in [-0.15, -0.1) is 0 Å². The molecule has 1 amide bonds. The predicted octanol–water partition coefficient (Wildman–Crippen LogP) is 3.28. The van der Waals surface area contributed by atoms with E-state index in [4.69, 9.17) is 10.5 Å². The Morgan fingerprint density at radius 2 is 2.04 bits per heavy atom. The van der Waals surface area contributed by atoms with E-state index in [1.807, 2.05) is 37.2 Å². The summed E-state index contributed by atoms with van der Waals surface area (Å²) in [6, 6.07) is 5.89. The highest BCUT2D eigenvalue weighted by atomic mass is 16.5. The Morgan fingerprint density at radius 1 is 1.32 bits per heavy atom. The Bertz CT molecular complexity index is 587. The number of ether oxygens (including phenoxy) is 1. The van der Waals surface area contributed by atoms with Gasteiger partial charge in [0.2, 0.25) is 5.91 Å². The molecule has 1 aromatic carbocycles. The number of nitrogens with two attached hydrogens (primary N) is 1. The molecule has 1 heterocycles. The molecule has 2 rings (SSSR count). The number of rotatable bonds is 6. The summed E-state index contributed by atoms with van der Waals surface area (Å²) in [5.41, 5.74) is 8.85. The lowest BCUT2D eigenvalue weighted by Crippen LogP contribution is -2.38. The molecule has 0 spiro atoms. The lowest BCUT2D eigenvalue weighted by Gasteiger charge is -2.30. The molecular formula is C20H33N3O2. The van der Waals surface area contributed by atoms with E-state index >= 15 is 0 Å². The topological polar surface area (TPSA) is 58.8 Å². The van der Waals surface area contributed by atoms with Crippen molar-refractivity contribution in [2.45, 2.75) is 52.7 Å². The number of hydrogen-bond donors (Lipinski definition) is 1. The van der Waals surface area contributed by atoms with Crippen LogP contribution in [0.15, 0.2) is 18.2 Å². The Kier molecular flexibility index (Phi) is 6.33. The fraction of sp³-hybridized carbons (Fsp3) is 0.650. The van der Waals surface area contributed by atoms with Crippen molar-refractivity contribution in [3.63, 3.8) is 0 Å². The third-order valence-corrected chi connectivity index (χ3v) is 4.43. The number of nitrogen functional groups attached to an aromatic ring is 1. The molecule has 1 aromatic rings. The van der Waals surface area contributed by atoms with Gasteiger partial charge in [0.25, 0.3) is 0 Å². The SMILES string of the molecule is CN(C)c1ccc(N)cc1CN(C[C@@H]1CCCO1)C(=O)CC(C)(C)C. The fourth-order valence-electron chi connectivity index (χ4n) is 3.23. The quantitative estimate of drug-likeness (QED) is 0.802. The van der Waals surface area contributed by atoms with Crippen LogP contribution in [0, 0.1) is 5.41 Å². The van der Waals surface area contributed by atoms with Crippen LogP contribution in [0.2, 0.25) is 0 Å². The highest BCUT2D eigenvalue weighted by Crippen LogP contribution is 2.26. The van der Waals surface area contributed by atoms with Crippen molar-refractivity contribution in [3.8, 4) is 0 Å². The molecule has 5 heteroatoms. The number of hydrogen-bond acceptors (Lipinski definition) is 4. The van der Waals surface area contributed by atoms with Gasteiger partial charge in [-0.05, 0) is 42.0 Å². The number of carbonyl (C=O) groups excluding carboxylic acids is 1. The van der Waals surface area contributed by atoms with Crippen molar-refractivity contribution < 1.29 is 9.53 Å². The number of anilines is 2. The zero-order chi connectivity index (χ0) is 18.6. The van der Waals surface area contributed by atoms with E-state index in [0.717, 1.165) is 36.4 Å². The molecule has 140 valence electrons. The van der Waals surface area contributed by atoms with E-state index in [1.54, 1.807) is 0 Å². The van der Waals surface area contributed by atoms with Crippen LogP contribution < -0.4 is 10.6 Å². The second-order valence-corrected chi connectivity index (χ2v) is 8.43. The lowest BCUT2D eigenvalue weighted by molar-refractivity contribution is -0.135. The summed E-state index contributed by atoms with van der Waals surface area (Å²) in [6.45, 7) is 8.31. The summed E-state index contributed by atoms with van der Waals surface area (Å²) in [7, 11) is 4.02. The zero-order valence-corrected chi connectivity index (χ0v) is 16.3. The van der Waals surface area contributed by atoms with Gasteiger partial charge in [0, 0.05) is 51.6 Å². The number of benzene rings is 1. The van der Waals surface area contributed by atoms with Crippen LogP contribution in [0.1, 0.15) is 45.6 Å². The van der Waals surface area contributed by atoms with E-state index in [-0.39, 0.29) is 17.4 Å². The summed E-state index contributed by atoms with van der Waals surface area (Å²) in [4.78, 5) is 17.0. The van der Waals surface area contributed by atoms with Crippen molar-refractivity contribution >= 4 is 17.3 Å². The Morgan fingerprint density at radius 3 is 2.60 bits per heavy atom. The van der Waals surface area contributed by atoms with Crippen molar-refractivity contribution in [3.05, 3.63) is 23.8 Å². The third kappa shape index (κ3) is 5.92. The lowest BCUT2D eigenvalue weighted by atomic mass is 9.91. The first kappa shape index (κ1) is 19.6. The van der Waals surface area contributed by atoms with Gasteiger partial charge in [0.15, 0.2) is 0 Å². The molecule has 1 saturated heterocycles. The van der Waals surface area contributed by atoms with Gasteiger partial charge >= 0.3 is 0 Å². The molecule has 25 heavy (non-hydrogen) atoms. The first-order valence-corrected chi connectivity index (χ1v) is 9.11. The third-order valence-electron chi connectivity index (χ3n) is 4.43. The molecule has 1 aliphatic rings. The van der Waals surface area contributed by atoms with Crippen molar-refractivity contribution in [2.24, 2.45) is 5.41 Å². The molecule has 0 radical (unpaired) electrons. The van der Waals surface area contributed by atoms with Gasteiger partial charge in [0.05, 0.1) is 6.10 Å². The molecule has 0 aliphatic carbocycles. The van der Waals surface area contributed by atoms with Crippen molar-refractivity contribution in [2.75, 3.05) is 37.9 Å². The molecule has 2 N–H and O–H groups in total. The average Bonchev–Trinajstić information content (AvgIpc) is 2.97. The maximum Gasteiger partial charge on any atom is 0.223 e. The first-order chi connectivity index (χ1) is 11.7. The van der Waals surface area contributed by atoms with Gasteiger partial charge in [0.1, 0.15) is 0 Å². The van der Waals surface area contributed by atoms with E-state index < -0.39 is 0 Å². The minimum atomic E-state index is -0.0358. The molecule has 0 aromatic heterocycles. The minimum Gasteiger partial charge on any atom is -0.399 e. The Balaban J connectivity index is 2.22. The molecule has 0 saturated carbocycles. The summed E-state index contributed by atoms with van der Waals surface area (Å²) < 4.78 is 5.77. The van der Waals surface area contributed by atoms with Crippen LogP contribution in [0.3, 0.4) is 0 Å². The molecule has 1 atom stereocenters. The van der Waals surface area contributed by atoms with Crippen LogP contribution in [0.5, 0.6) is 0 Å². The van der Waals surface area contributed by atoms with E-state index in [1.165, 1.54) is 0 Å². The smallest absolute Gasteiger partial charge is 0.223 e. The Hall–Kier alpha value is -1.75. The van der Waals surface area contributed by atoms with E-state index in [9.17, 15) is 4.79 Å². The molecule has 1 aliphatic heterocycles. The summed E-state index contributed by atoms with van der Waals surface area (Å²) >= 11 is 0. The fourth-order valence-corrected chi connectivity index (χ4v) is 3.23. The monoisotopic (exact) mass is 347 g/mol. The van der Waals surface area contributed by atoms with Crippen LogP contribution in [0.4, 0.5) is 11.4 Å². The van der Waals surface area contributed by atoms with Gasteiger partial charge in [-0.25, -0.2) is 0 Å². The number of amides is 1.